The molecule has 0 fully saturated rings. The Bertz CT molecular complexity index is 1150. The van der Waals surface area contributed by atoms with Crippen molar-refractivity contribution in [1.82, 2.24) is 0 Å². The van der Waals surface area contributed by atoms with Gasteiger partial charge < -0.3 is 0 Å². The van der Waals surface area contributed by atoms with Crippen LogP contribution in [0.5, 0.6) is 0 Å². The molecule has 1 aliphatic rings. The molecule has 4 aromatic carbocycles. The highest BCUT2D eigenvalue weighted by Gasteiger charge is 2.36. The molecule has 0 N–H and O–H groups in total. The Morgan fingerprint density at radius 1 is 0.692 bits per heavy atom. The summed E-state index contributed by atoms with van der Waals surface area (Å²) in [6.45, 7) is 4.71. The van der Waals surface area contributed by atoms with Gasteiger partial charge >= 0.3 is 0 Å². The molecule has 0 saturated heterocycles. The molecule has 0 bridgehead atoms. The molecule has 4 aromatic rings. The molecule has 1 aliphatic carbocycles. The molecule has 0 radical (unpaired) electrons. The van der Waals surface area contributed by atoms with E-state index in [2.05, 4.69) is 109 Å². The molecule has 0 aliphatic heterocycles. The summed E-state index contributed by atoms with van der Waals surface area (Å²) in [5, 5.41) is 2.69. The average molecular weight is 399 g/mol. The first-order valence-corrected chi connectivity index (χ1v) is 9.78. The molecule has 5 rings (SSSR count). The second-order valence-corrected chi connectivity index (χ2v) is 8.52. The highest BCUT2D eigenvalue weighted by Crippen LogP contribution is 2.52. The summed E-state index contributed by atoms with van der Waals surface area (Å²) in [4.78, 5) is 0. The van der Waals surface area contributed by atoms with Crippen LogP contribution in [0.1, 0.15) is 25.0 Å². The number of benzene rings is 4. The molecule has 0 spiro atoms. The van der Waals surface area contributed by atoms with Crippen molar-refractivity contribution in [1.29, 1.82) is 0 Å². The maximum absolute atomic E-state index is 3.53. The minimum absolute atomic E-state index is 0.00307. The van der Waals surface area contributed by atoms with Crippen LogP contribution in [-0.2, 0) is 5.41 Å². The predicted octanol–water partition coefficient (Wildman–Crippen LogP) is 7.58. The lowest BCUT2D eigenvalue weighted by atomic mass is 9.79. The fourth-order valence-electron chi connectivity index (χ4n) is 4.42. The minimum atomic E-state index is -0.00307. The van der Waals surface area contributed by atoms with Crippen LogP contribution in [0.15, 0.2) is 83.3 Å². The molecule has 0 atom stereocenters. The van der Waals surface area contributed by atoms with E-state index in [9.17, 15) is 0 Å². The van der Waals surface area contributed by atoms with Gasteiger partial charge in [-0.25, -0.2) is 0 Å². The van der Waals surface area contributed by atoms with Gasteiger partial charge in [0.2, 0.25) is 0 Å². The van der Waals surface area contributed by atoms with E-state index in [0.29, 0.717) is 0 Å². The van der Waals surface area contributed by atoms with Crippen molar-refractivity contribution in [2.75, 3.05) is 0 Å². The average Bonchev–Trinajstić information content (AvgIpc) is 2.90. The fourth-order valence-corrected chi connectivity index (χ4v) is 4.69. The normalized spacial score (nSPS) is 14.3. The zero-order chi connectivity index (χ0) is 17.9. The van der Waals surface area contributed by atoms with E-state index in [0.717, 1.165) is 4.47 Å². The summed E-state index contributed by atoms with van der Waals surface area (Å²) >= 11 is 3.53. The van der Waals surface area contributed by atoms with Gasteiger partial charge in [0.1, 0.15) is 0 Å². The Balaban J connectivity index is 1.75. The number of halogens is 1. The van der Waals surface area contributed by atoms with Crippen molar-refractivity contribution < 1.29 is 0 Å². The van der Waals surface area contributed by atoms with E-state index in [1.54, 1.807) is 0 Å². The Labute approximate surface area is 162 Å². The van der Waals surface area contributed by atoms with Crippen molar-refractivity contribution >= 4 is 26.7 Å². The Kier molecular flexibility index (Phi) is 3.39. The monoisotopic (exact) mass is 398 g/mol. The van der Waals surface area contributed by atoms with Crippen molar-refractivity contribution in [3.63, 3.8) is 0 Å². The van der Waals surface area contributed by atoms with Crippen LogP contribution in [0.25, 0.3) is 33.0 Å². The summed E-state index contributed by atoms with van der Waals surface area (Å²) in [6.07, 6.45) is 0. The Morgan fingerprint density at radius 2 is 1.38 bits per heavy atom. The van der Waals surface area contributed by atoms with Gasteiger partial charge in [-0.2, -0.15) is 0 Å². The third kappa shape index (κ3) is 2.20. The molecule has 0 heterocycles. The zero-order valence-electron chi connectivity index (χ0n) is 14.9. The topological polar surface area (TPSA) is 0 Å². The standard InChI is InChI=1S/C25H19Br/c1-25(2)23-15-18(16-7-11-19(26)12-8-16)10-13-21(23)22-14-9-17-5-3-4-6-20(17)24(22)25/h3-15H,1-2H3. The number of rotatable bonds is 1. The Hall–Kier alpha value is -2.38. The fraction of sp³-hybridized carbons (Fsp3) is 0.120. The van der Waals surface area contributed by atoms with Crippen LogP contribution in [0.3, 0.4) is 0 Å². The number of hydrogen-bond donors (Lipinski definition) is 0. The predicted molar refractivity (Wildman–Crippen MR) is 115 cm³/mol. The molecule has 126 valence electrons. The maximum atomic E-state index is 3.53. The molecule has 1 heteroatoms. The second-order valence-electron chi connectivity index (χ2n) is 7.60. The summed E-state index contributed by atoms with van der Waals surface area (Å²) in [5.41, 5.74) is 8.16. The van der Waals surface area contributed by atoms with E-state index in [4.69, 9.17) is 0 Å². The lowest BCUT2D eigenvalue weighted by Crippen LogP contribution is -2.15. The first kappa shape index (κ1) is 15.8. The van der Waals surface area contributed by atoms with Gasteiger partial charge in [-0.3, -0.25) is 0 Å². The smallest absolute Gasteiger partial charge is 0.0175 e. The van der Waals surface area contributed by atoms with E-state index in [1.807, 2.05) is 0 Å². The van der Waals surface area contributed by atoms with Gasteiger partial charge in [0, 0.05) is 9.89 Å². The van der Waals surface area contributed by atoms with Gasteiger partial charge in [-0.1, -0.05) is 90.4 Å². The van der Waals surface area contributed by atoms with Gasteiger partial charge in [-0.05, 0) is 62.4 Å². The first-order valence-electron chi connectivity index (χ1n) is 8.99. The van der Waals surface area contributed by atoms with Crippen LogP contribution in [0.2, 0.25) is 0 Å². The highest BCUT2D eigenvalue weighted by molar-refractivity contribution is 9.10. The van der Waals surface area contributed by atoms with Gasteiger partial charge in [0.05, 0.1) is 0 Å². The minimum Gasteiger partial charge on any atom is -0.0616 e. The molecule has 26 heavy (non-hydrogen) atoms. The van der Waals surface area contributed by atoms with Crippen molar-refractivity contribution in [2.24, 2.45) is 0 Å². The molecule has 0 saturated carbocycles. The van der Waals surface area contributed by atoms with E-state index >= 15 is 0 Å². The SMILES string of the molecule is CC1(C)c2cc(-c3ccc(Br)cc3)ccc2-c2ccc3ccccc3c21. The van der Waals surface area contributed by atoms with Crippen molar-refractivity contribution in [3.05, 3.63) is 94.5 Å². The Morgan fingerprint density at radius 3 is 2.19 bits per heavy atom. The molecular formula is C25H19Br. The number of fused-ring (bicyclic) bond motifs is 5. The summed E-state index contributed by atoms with van der Waals surface area (Å²) in [7, 11) is 0. The van der Waals surface area contributed by atoms with Crippen LogP contribution in [0, 0.1) is 0 Å². The summed E-state index contributed by atoms with van der Waals surface area (Å²) in [6, 6.07) is 28.8. The summed E-state index contributed by atoms with van der Waals surface area (Å²) < 4.78 is 1.11. The quantitative estimate of drug-likeness (QED) is 0.310. The highest BCUT2D eigenvalue weighted by atomic mass is 79.9. The molecule has 0 nitrogen and oxygen atoms in total. The lowest BCUT2D eigenvalue weighted by Gasteiger charge is -2.23. The molecule has 0 aromatic heterocycles. The van der Waals surface area contributed by atoms with Crippen molar-refractivity contribution in [3.8, 4) is 22.3 Å². The van der Waals surface area contributed by atoms with Gasteiger partial charge in [-0.15, -0.1) is 0 Å². The third-order valence-corrected chi connectivity index (χ3v) is 6.24. The maximum Gasteiger partial charge on any atom is 0.0175 e. The molecule has 0 unspecified atom stereocenters. The second kappa shape index (κ2) is 5.56. The van der Waals surface area contributed by atoms with Crippen LogP contribution >= 0.6 is 15.9 Å². The van der Waals surface area contributed by atoms with Gasteiger partial charge in [0.15, 0.2) is 0 Å². The molecule has 0 amide bonds. The van der Waals surface area contributed by atoms with Gasteiger partial charge in [0.25, 0.3) is 0 Å². The largest absolute Gasteiger partial charge is 0.0616 e. The zero-order valence-corrected chi connectivity index (χ0v) is 16.5. The first-order chi connectivity index (χ1) is 12.6. The van der Waals surface area contributed by atoms with Crippen LogP contribution < -0.4 is 0 Å². The third-order valence-electron chi connectivity index (χ3n) is 5.71. The van der Waals surface area contributed by atoms with E-state index in [1.165, 1.54) is 44.2 Å². The van der Waals surface area contributed by atoms with Crippen molar-refractivity contribution in [2.45, 2.75) is 19.3 Å². The number of hydrogen-bond acceptors (Lipinski definition) is 0. The van der Waals surface area contributed by atoms with E-state index in [-0.39, 0.29) is 5.41 Å². The van der Waals surface area contributed by atoms with E-state index < -0.39 is 0 Å². The summed E-state index contributed by atoms with van der Waals surface area (Å²) in [5.74, 6) is 0. The van der Waals surface area contributed by atoms with Crippen LogP contribution in [-0.4, -0.2) is 0 Å². The lowest BCUT2D eigenvalue weighted by molar-refractivity contribution is 0.666. The van der Waals surface area contributed by atoms with Crippen LogP contribution in [0.4, 0.5) is 0 Å². The molecular weight excluding hydrogens is 380 g/mol.